The number of hydrogen-bond acceptors (Lipinski definition) is 1. The smallest absolute Gasteiger partial charge is 0.336 e. The van der Waals surface area contributed by atoms with Gasteiger partial charge in [-0.2, -0.15) is 0 Å². The maximum Gasteiger partial charge on any atom is 0.336 e. The van der Waals surface area contributed by atoms with E-state index in [0.29, 0.717) is 5.39 Å². The fourth-order valence-corrected chi connectivity index (χ4v) is 6.19. The molecule has 1 N–H and O–H groups in total. The summed E-state index contributed by atoms with van der Waals surface area (Å²) in [7, 11) is 0. The molecule has 7 aromatic carbocycles. The van der Waals surface area contributed by atoms with Gasteiger partial charge >= 0.3 is 5.97 Å². The first-order valence-electron chi connectivity index (χ1n) is 15.7. The Bertz CT molecular complexity index is 2470. The summed E-state index contributed by atoms with van der Waals surface area (Å²) in [4.78, 5) is 11.8. The molecule has 0 spiro atoms. The van der Waals surface area contributed by atoms with Crippen LogP contribution in [-0.4, -0.2) is 11.1 Å². The van der Waals surface area contributed by atoms with E-state index in [4.69, 9.17) is 0 Å². The lowest BCUT2D eigenvalue weighted by molar-refractivity contribution is 0.0699. The van der Waals surface area contributed by atoms with Gasteiger partial charge in [-0.05, 0) is 84.8 Å². The average molecular weight is 605 g/mol. The van der Waals surface area contributed by atoms with Crippen LogP contribution in [-0.2, 0) is 5.41 Å². The summed E-state index contributed by atoms with van der Waals surface area (Å²) in [6.45, 7) is 6.71. The van der Waals surface area contributed by atoms with E-state index >= 15 is 0 Å². The molecule has 224 valence electrons. The minimum Gasteiger partial charge on any atom is -0.478 e. The second-order valence-corrected chi connectivity index (χ2v) is 12.8. The summed E-state index contributed by atoms with van der Waals surface area (Å²) in [6.07, 6.45) is 0. The quantitative estimate of drug-likeness (QED) is 0.199. The Labute approximate surface area is 275 Å². The van der Waals surface area contributed by atoms with Gasteiger partial charge in [0.1, 0.15) is 0 Å². The van der Waals surface area contributed by atoms with Gasteiger partial charge in [-0.3, -0.25) is 0 Å². The molecule has 0 unspecified atom stereocenters. The molecule has 0 bridgehead atoms. The van der Waals surface area contributed by atoms with Gasteiger partial charge in [0.25, 0.3) is 0 Å². The van der Waals surface area contributed by atoms with Crippen molar-refractivity contribution in [2.24, 2.45) is 0 Å². The van der Waals surface area contributed by atoms with E-state index in [2.05, 4.69) is 117 Å². The van der Waals surface area contributed by atoms with Crippen LogP contribution < -0.4 is 0 Å². The van der Waals surface area contributed by atoms with E-state index in [1.165, 1.54) is 22.1 Å². The molecule has 2 heteroatoms. The SMILES string of the molecule is CC(C)(C)c1ccc(-c2ccc(C#Cc3ccc(C#Cc4ccc(C(=O)O)c5ccccc45)c4ccccc34)c3ccccc23)cc1. The molecule has 0 aliphatic rings. The molecule has 7 aromatic rings. The van der Waals surface area contributed by atoms with Gasteiger partial charge in [-0.15, -0.1) is 0 Å². The Hall–Kier alpha value is -6.09. The van der Waals surface area contributed by atoms with Crippen molar-refractivity contribution in [1.82, 2.24) is 0 Å². The molecule has 0 atom stereocenters. The highest BCUT2D eigenvalue weighted by atomic mass is 16.4. The second kappa shape index (κ2) is 12.0. The monoisotopic (exact) mass is 604 g/mol. The van der Waals surface area contributed by atoms with Crippen LogP contribution in [0.5, 0.6) is 0 Å². The number of carboxylic acid groups (broad SMARTS) is 1. The van der Waals surface area contributed by atoms with Gasteiger partial charge < -0.3 is 5.11 Å². The van der Waals surface area contributed by atoms with E-state index in [0.717, 1.165) is 43.8 Å². The fourth-order valence-electron chi connectivity index (χ4n) is 6.19. The largest absolute Gasteiger partial charge is 0.478 e. The third-order valence-corrected chi connectivity index (χ3v) is 8.73. The molecule has 0 saturated carbocycles. The summed E-state index contributed by atoms with van der Waals surface area (Å²) < 4.78 is 0. The number of carbonyl (C=O) groups is 1. The lowest BCUT2D eigenvalue weighted by atomic mass is 9.86. The number of aromatic carboxylic acids is 1. The van der Waals surface area contributed by atoms with Gasteiger partial charge in [0.15, 0.2) is 0 Å². The van der Waals surface area contributed by atoms with Crippen molar-refractivity contribution in [3.63, 3.8) is 0 Å². The molecule has 0 heterocycles. The van der Waals surface area contributed by atoms with Crippen LogP contribution in [0.1, 0.15) is 58.9 Å². The fraction of sp³-hybridized carbons (Fsp3) is 0.0889. The summed E-state index contributed by atoms with van der Waals surface area (Å²) >= 11 is 0. The number of rotatable bonds is 2. The van der Waals surface area contributed by atoms with E-state index in [9.17, 15) is 9.90 Å². The van der Waals surface area contributed by atoms with Gasteiger partial charge in [0, 0.05) is 22.3 Å². The molecule has 0 fully saturated rings. The zero-order chi connectivity index (χ0) is 32.5. The topological polar surface area (TPSA) is 37.3 Å². The molecule has 0 aromatic heterocycles. The highest BCUT2D eigenvalue weighted by Gasteiger charge is 2.14. The molecule has 47 heavy (non-hydrogen) atoms. The van der Waals surface area contributed by atoms with Crippen LogP contribution in [0.4, 0.5) is 0 Å². The van der Waals surface area contributed by atoms with Crippen molar-refractivity contribution in [1.29, 1.82) is 0 Å². The van der Waals surface area contributed by atoms with Crippen molar-refractivity contribution >= 4 is 38.3 Å². The van der Waals surface area contributed by atoms with Crippen molar-refractivity contribution in [2.75, 3.05) is 0 Å². The first-order chi connectivity index (χ1) is 22.8. The summed E-state index contributed by atoms with van der Waals surface area (Å²) in [5.41, 5.74) is 7.71. The summed E-state index contributed by atoms with van der Waals surface area (Å²) in [5, 5.41) is 15.5. The Morgan fingerprint density at radius 3 is 1.32 bits per heavy atom. The normalized spacial score (nSPS) is 11.1. The zero-order valence-electron chi connectivity index (χ0n) is 26.6. The van der Waals surface area contributed by atoms with E-state index in [1.807, 2.05) is 48.5 Å². The molecule has 0 amide bonds. The Balaban J connectivity index is 1.26. The van der Waals surface area contributed by atoms with Crippen molar-refractivity contribution in [2.45, 2.75) is 26.2 Å². The lowest BCUT2D eigenvalue weighted by Gasteiger charge is -2.19. The predicted octanol–water partition coefficient (Wildman–Crippen LogP) is 10.6. The number of fused-ring (bicyclic) bond motifs is 3. The molecule has 0 aliphatic carbocycles. The second-order valence-electron chi connectivity index (χ2n) is 12.8. The molecule has 2 nitrogen and oxygen atoms in total. The Kier molecular flexibility index (Phi) is 7.57. The average Bonchev–Trinajstić information content (AvgIpc) is 3.09. The third-order valence-electron chi connectivity index (χ3n) is 8.73. The van der Waals surface area contributed by atoms with Crippen LogP contribution >= 0.6 is 0 Å². The summed E-state index contributed by atoms with van der Waals surface area (Å²) in [5.74, 6) is 12.7. The maximum absolute atomic E-state index is 11.8. The van der Waals surface area contributed by atoms with Crippen molar-refractivity contribution < 1.29 is 9.90 Å². The third kappa shape index (κ3) is 5.75. The van der Waals surface area contributed by atoms with Gasteiger partial charge in [0.05, 0.1) is 5.56 Å². The van der Waals surface area contributed by atoms with Gasteiger partial charge in [-0.1, -0.05) is 148 Å². The predicted molar refractivity (Wildman–Crippen MR) is 195 cm³/mol. The molecule has 0 aliphatic heterocycles. The summed E-state index contributed by atoms with van der Waals surface area (Å²) in [6, 6.07) is 44.9. The lowest BCUT2D eigenvalue weighted by Crippen LogP contribution is -2.10. The van der Waals surface area contributed by atoms with Gasteiger partial charge in [0.2, 0.25) is 0 Å². The highest BCUT2D eigenvalue weighted by molar-refractivity contribution is 6.05. The number of carboxylic acids is 1. The van der Waals surface area contributed by atoms with E-state index < -0.39 is 5.97 Å². The van der Waals surface area contributed by atoms with E-state index in [1.54, 1.807) is 12.1 Å². The highest BCUT2D eigenvalue weighted by Crippen LogP contribution is 2.33. The van der Waals surface area contributed by atoms with Crippen LogP contribution in [0.25, 0.3) is 43.4 Å². The molecule has 0 radical (unpaired) electrons. The standard InChI is InChI=1S/C45H32O2/c1-45(2,3)35-26-22-34(23-27-35)40-28-24-32(38-12-6-8-14-41(38)40)20-18-30-16-17-31(37-11-5-4-10-36(30)37)19-21-33-25-29-43(44(46)47)42-15-9-7-13-39(33)42/h4-17,22-29H,1-3H3,(H,46,47). The molecule has 0 saturated heterocycles. The first-order valence-corrected chi connectivity index (χ1v) is 15.7. The van der Waals surface area contributed by atoms with Crippen molar-refractivity contribution in [3.05, 3.63) is 167 Å². The first kappa shape index (κ1) is 29.6. The number of hydrogen-bond donors (Lipinski definition) is 1. The van der Waals surface area contributed by atoms with Crippen LogP contribution in [0.15, 0.2) is 133 Å². The maximum atomic E-state index is 11.8. The molecular formula is C45H32O2. The van der Waals surface area contributed by atoms with Crippen LogP contribution in [0.3, 0.4) is 0 Å². The van der Waals surface area contributed by atoms with E-state index in [-0.39, 0.29) is 11.0 Å². The van der Waals surface area contributed by atoms with Crippen molar-refractivity contribution in [3.8, 4) is 34.8 Å². The Morgan fingerprint density at radius 1 is 0.468 bits per heavy atom. The van der Waals surface area contributed by atoms with Crippen LogP contribution in [0.2, 0.25) is 0 Å². The Morgan fingerprint density at radius 2 is 0.851 bits per heavy atom. The minimum absolute atomic E-state index is 0.111. The zero-order valence-corrected chi connectivity index (χ0v) is 26.6. The number of benzene rings is 7. The minimum atomic E-state index is -0.946. The molecule has 7 rings (SSSR count). The van der Waals surface area contributed by atoms with Crippen LogP contribution in [0, 0.1) is 23.7 Å². The van der Waals surface area contributed by atoms with Gasteiger partial charge in [-0.25, -0.2) is 4.79 Å². The molecular weight excluding hydrogens is 572 g/mol.